The highest BCUT2D eigenvalue weighted by Gasteiger charge is 2.58. The number of halogens is 3. The molecule has 0 aliphatic carbocycles. The van der Waals surface area contributed by atoms with Gasteiger partial charge in [-0.25, -0.2) is 0 Å². The van der Waals surface area contributed by atoms with E-state index < -0.39 is 29.4 Å². The number of rotatable bonds is 3. The van der Waals surface area contributed by atoms with Crippen LogP contribution < -0.4 is 0 Å². The first-order valence-corrected chi connectivity index (χ1v) is 9.62. The van der Waals surface area contributed by atoms with Crippen molar-refractivity contribution in [2.45, 2.75) is 76.0 Å². The van der Waals surface area contributed by atoms with Crippen molar-refractivity contribution in [1.29, 1.82) is 0 Å². The molecule has 1 aromatic carbocycles. The summed E-state index contributed by atoms with van der Waals surface area (Å²) in [6, 6.07) is 4.97. The topological polar surface area (TPSA) is 46.2 Å². The van der Waals surface area contributed by atoms with E-state index in [0.717, 1.165) is 12.1 Å². The Morgan fingerprint density at radius 1 is 0.897 bits per heavy atom. The van der Waals surface area contributed by atoms with Gasteiger partial charge in [-0.1, -0.05) is 24.3 Å². The second kappa shape index (κ2) is 7.06. The molecule has 8 heteroatoms. The van der Waals surface area contributed by atoms with Crippen molar-refractivity contribution in [1.82, 2.24) is 0 Å². The first-order chi connectivity index (χ1) is 13.4. The Kier molecular flexibility index (Phi) is 5.07. The van der Waals surface area contributed by atoms with Crippen LogP contribution in [-0.4, -0.2) is 48.7 Å². The number of alkyl halides is 3. The van der Waals surface area contributed by atoms with Crippen LogP contribution >= 0.6 is 0 Å². The predicted octanol–water partition coefficient (Wildman–Crippen LogP) is 4.16. The third kappa shape index (κ3) is 4.36. The highest BCUT2D eigenvalue weighted by Crippen LogP contribution is 2.42. The zero-order valence-electron chi connectivity index (χ0n) is 16.7. The summed E-state index contributed by atoms with van der Waals surface area (Å²) in [7, 11) is 0. The normalized spacial score (nSPS) is 36.0. The lowest BCUT2D eigenvalue weighted by Crippen LogP contribution is -2.40. The van der Waals surface area contributed by atoms with Gasteiger partial charge in [0.15, 0.2) is 11.6 Å². The molecule has 0 aromatic heterocycles. The fourth-order valence-corrected chi connectivity index (χ4v) is 3.98. The van der Waals surface area contributed by atoms with Crippen molar-refractivity contribution >= 4 is 6.08 Å². The summed E-state index contributed by atoms with van der Waals surface area (Å²) in [5.41, 5.74) is -0.0384. The molecule has 0 N–H and O–H groups in total. The largest absolute Gasteiger partial charge is 0.416 e. The van der Waals surface area contributed by atoms with Gasteiger partial charge in [-0.15, -0.1) is 0 Å². The molecule has 3 heterocycles. The maximum absolute atomic E-state index is 12.7. The standard InChI is InChI=1S/C21H25F3O5/c1-19(2)25-11-15(27-19)16-18-17(28-20(3,4)29-18)14(26-16)10-7-12-5-8-13(9-6-12)21(22,23)24/h5-10,14-18H,11H2,1-4H3/b10-7+/t14-,15-,16-,17-,18+/m1/s1. The lowest BCUT2D eigenvalue weighted by molar-refractivity contribution is -0.201. The molecule has 3 saturated heterocycles. The summed E-state index contributed by atoms with van der Waals surface area (Å²) in [6.07, 6.45) is -2.56. The molecule has 3 aliphatic heterocycles. The van der Waals surface area contributed by atoms with Crippen LogP contribution in [0.25, 0.3) is 6.08 Å². The van der Waals surface area contributed by atoms with Crippen LogP contribution in [0.4, 0.5) is 13.2 Å². The molecule has 0 saturated carbocycles. The van der Waals surface area contributed by atoms with Crippen molar-refractivity contribution in [3.63, 3.8) is 0 Å². The molecule has 4 rings (SSSR count). The average molecular weight is 414 g/mol. The van der Waals surface area contributed by atoms with Crippen LogP contribution in [0.3, 0.4) is 0 Å². The maximum Gasteiger partial charge on any atom is 0.416 e. The fraction of sp³-hybridized carbons (Fsp3) is 0.619. The van der Waals surface area contributed by atoms with Gasteiger partial charge < -0.3 is 23.7 Å². The van der Waals surface area contributed by atoms with Crippen molar-refractivity contribution in [2.75, 3.05) is 6.61 Å². The van der Waals surface area contributed by atoms with Gasteiger partial charge in [0.1, 0.15) is 30.5 Å². The number of fused-ring (bicyclic) bond motifs is 1. The predicted molar refractivity (Wildman–Crippen MR) is 97.9 cm³/mol. The fourth-order valence-electron chi connectivity index (χ4n) is 3.98. The lowest BCUT2D eigenvalue weighted by Gasteiger charge is -2.26. The Bertz CT molecular complexity index is 772. The summed E-state index contributed by atoms with van der Waals surface area (Å²) in [6.45, 7) is 7.76. The first kappa shape index (κ1) is 20.8. The first-order valence-electron chi connectivity index (χ1n) is 9.62. The highest BCUT2D eigenvalue weighted by molar-refractivity contribution is 5.51. The molecule has 3 fully saturated rings. The molecule has 0 spiro atoms. The molecular formula is C21H25F3O5. The number of hydrogen-bond acceptors (Lipinski definition) is 5. The lowest BCUT2D eigenvalue weighted by atomic mass is 10.0. The van der Waals surface area contributed by atoms with Gasteiger partial charge in [0.25, 0.3) is 0 Å². The Labute approximate surface area is 167 Å². The van der Waals surface area contributed by atoms with Gasteiger partial charge in [-0.05, 0) is 45.4 Å². The number of ether oxygens (including phenoxy) is 5. The third-order valence-electron chi connectivity index (χ3n) is 5.24. The SMILES string of the molecule is CC1(C)O[C@@H]2[C@H](O1)[C@@H](/C=C/c1ccc(C(F)(F)F)cc1)O[C@@H]2[C@H]1COC(C)(C)O1. The molecule has 3 aliphatic rings. The van der Waals surface area contributed by atoms with E-state index in [1.165, 1.54) is 12.1 Å². The third-order valence-corrected chi connectivity index (χ3v) is 5.24. The molecule has 0 bridgehead atoms. The second-order valence-corrected chi connectivity index (χ2v) is 8.48. The smallest absolute Gasteiger partial charge is 0.362 e. The van der Waals surface area contributed by atoms with E-state index in [1.54, 1.807) is 12.2 Å². The minimum atomic E-state index is -4.35. The monoisotopic (exact) mass is 414 g/mol. The van der Waals surface area contributed by atoms with Gasteiger partial charge >= 0.3 is 6.18 Å². The molecule has 1 aromatic rings. The van der Waals surface area contributed by atoms with Crippen molar-refractivity contribution in [3.05, 3.63) is 41.5 Å². The summed E-state index contributed by atoms with van der Waals surface area (Å²) in [5, 5.41) is 0. The van der Waals surface area contributed by atoms with Gasteiger partial charge in [-0.2, -0.15) is 13.2 Å². The van der Waals surface area contributed by atoms with Crippen LogP contribution in [0.1, 0.15) is 38.8 Å². The van der Waals surface area contributed by atoms with Crippen LogP contribution in [0.2, 0.25) is 0 Å². The molecule has 29 heavy (non-hydrogen) atoms. The Balaban J connectivity index is 1.50. The van der Waals surface area contributed by atoms with Crippen molar-refractivity contribution in [3.8, 4) is 0 Å². The Morgan fingerprint density at radius 2 is 1.55 bits per heavy atom. The van der Waals surface area contributed by atoms with E-state index in [0.29, 0.717) is 12.2 Å². The average Bonchev–Trinajstić information content (AvgIpc) is 3.22. The zero-order valence-corrected chi connectivity index (χ0v) is 16.7. The van der Waals surface area contributed by atoms with Gasteiger partial charge in [0.2, 0.25) is 0 Å². The molecule has 0 radical (unpaired) electrons. The van der Waals surface area contributed by atoms with Crippen LogP contribution in [0.5, 0.6) is 0 Å². The minimum absolute atomic E-state index is 0.292. The van der Waals surface area contributed by atoms with E-state index in [-0.39, 0.29) is 24.4 Å². The molecule has 160 valence electrons. The second-order valence-electron chi connectivity index (χ2n) is 8.48. The van der Waals surface area contributed by atoms with E-state index in [1.807, 2.05) is 27.7 Å². The van der Waals surface area contributed by atoms with Crippen LogP contribution in [0, 0.1) is 0 Å². The summed E-state index contributed by atoms with van der Waals surface area (Å²) in [4.78, 5) is 0. The van der Waals surface area contributed by atoms with E-state index >= 15 is 0 Å². The van der Waals surface area contributed by atoms with E-state index in [4.69, 9.17) is 23.7 Å². The summed E-state index contributed by atoms with van der Waals surface area (Å²) < 4.78 is 68.1. The van der Waals surface area contributed by atoms with Gasteiger partial charge in [0.05, 0.1) is 12.2 Å². The zero-order chi connectivity index (χ0) is 21.0. The molecule has 0 amide bonds. The van der Waals surface area contributed by atoms with Crippen LogP contribution in [0.15, 0.2) is 30.3 Å². The van der Waals surface area contributed by atoms with Crippen molar-refractivity contribution < 1.29 is 36.9 Å². The summed E-state index contributed by atoms with van der Waals surface area (Å²) >= 11 is 0. The van der Waals surface area contributed by atoms with Gasteiger partial charge in [0, 0.05) is 0 Å². The molecule has 5 nitrogen and oxygen atoms in total. The Morgan fingerprint density at radius 3 is 2.14 bits per heavy atom. The highest BCUT2D eigenvalue weighted by atomic mass is 19.4. The van der Waals surface area contributed by atoms with E-state index in [9.17, 15) is 13.2 Å². The van der Waals surface area contributed by atoms with E-state index in [2.05, 4.69) is 0 Å². The van der Waals surface area contributed by atoms with Crippen LogP contribution in [-0.2, 0) is 29.9 Å². The number of hydrogen-bond donors (Lipinski definition) is 0. The molecule has 5 atom stereocenters. The molecular weight excluding hydrogens is 389 g/mol. The Hall–Kier alpha value is -1.45. The van der Waals surface area contributed by atoms with Gasteiger partial charge in [-0.3, -0.25) is 0 Å². The quantitative estimate of drug-likeness (QED) is 0.744. The summed E-state index contributed by atoms with van der Waals surface area (Å²) in [5.74, 6) is -1.44. The van der Waals surface area contributed by atoms with Crippen molar-refractivity contribution in [2.24, 2.45) is 0 Å². The maximum atomic E-state index is 12.7. The number of benzene rings is 1. The minimum Gasteiger partial charge on any atom is -0.362 e. The molecule has 0 unspecified atom stereocenters.